The minimum absolute atomic E-state index is 0.0152. The topological polar surface area (TPSA) is 61.9 Å². The molecular formula is C28H31N3O3. The number of carbonyl (C=O) groups is 2. The van der Waals surface area contributed by atoms with E-state index in [2.05, 4.69) is 59.8 Å². The van der Waals surface area contributed by atoms with Crippen LogP contribution in [0.4, 0.5) is 4.79 Å². The molecule has 0 spiro atoms. The minimum Gasteiger partial charge on any atom is -0.428 e. The molecule has 34 heavy (non-hydrogen) atoms. The van der Waals surface area contributed by atoms with Crippen molar-refractivity contribution in [2.24, 2.45) is 0 Å². The Morgan fingerprint density at radius 2 is 1.85 bits per heavy atom. The van der Waals surface area contributed by atoms with E-state index in [1.54, 1.807) is 24.0 Å². The van der Waals surface area contributed by atoms with Crippen molar-refractivity contribution in [3.8, 4) is 0 Å². The number of alkyl carbamates (subject to hydrolysis) is 1. The van der Waals surface area contributed by atoms with Crippen LogP contribution < -0.4 is 5.32 Å². The molecule has 2 aliphatic heterocycles. The number of carbonyl (C=O) groups excluding carboxylic acids is 2. The number of ether oxygens (including phenoxy) is 1. The van der Waals surface area contributed by atoms with Gasteiger partial charge in [-0.1, -0.05) is 55.6 Å². The number of nitrogens with one attached hydrogen (secondary N) is 1. The summed E-state index contributed by atoms with van der Waals surface area (Å²) in [5, 5.41) is 5.15. The number of piperidine rings is 1. The third-order valence-electron chi connectivity index (χ3n) is 7.68. The summed E-state index contributed by atoms with van der Waals surface area (Å²) >= 11 is 0. The third kappa shape index (κ3) is 3.28. The molecule has 2 aromatic rings. The maximum absolute atomic E-state index is 13.6. The van der Waals surface area contributed by atoms with Gasteiger partial charge in [0.15, 0.2) is 0 Å². The van der Waals surface area contributed by atoms with Crippen LogP contribution in [-0.4, -0.2) is 53.6 Å². The fourth-order valence-electron chi connectivity index (χ4n) is 6.03. The van der Waals surface area contributed by atoms with Crippen molar-refractivity contribution in [1.29, 1.82) is 0 Å². The smallest absolute Gasteiger partial charge is 0.408 e. The number of hydrogen-bond acceptors (Lipinski definition) is 4. The lowest BCUT2D eigenvalue weighted by Gasteiger charge is -2.40. The normalized spacial score (nSPS) is 25.2. The van der Waals surface area contributed by atoms with E-state index in [0.29, 0.717) is 17.3 Å². The maximum atomic E-state index is 13.6. The summed E-state index contributed by atoms with van der Waals surface area (Å²) in [5.41, 5.74) is 2.69. The van der Waals surface area contributed by atoms with Crippen LogP contribution in [0.15, 0.2) is 73.0 Å². The highest BCUT2D eigenvalue weighted by molar-refractivity contribution is 5.97. The Bertz CT molecular complexity index is 1220. The first-order valence-corrected chi connectivity index (χ1v) is 11.9. The Morgan fingerprint density at radius 1 is 1.15 bits per heavy atom. The lowest BCUT2D eigenvalue weighted by molar-refractivity contribution is -0.143. The molecule has 2 aromatic carbocycles. The van der Waals surface area contributed by atoms with Crippen molar-refractivity contribution < 1.29 is 14.3 Å². The van der Waals surface area contributed by atoms with Crippen molar-refractivity contribution in [2.75, 3.05) is 20.1 Å². The highest BCUT2D eigenvalue weighted by atomic mass is 16.6. The second-order valence-electron chi connectivity index (χ2n) is 9.40. The molecule has 3 aliphatic rings. The summed E-state index contributed by atoms with van der Waals surface area (Å²) in [7, 11) is 1.48. The van der Waals surface area contributed by atoms with Gasteiger partial charge in [-0.2, -0.15) is 0 Å². The van der Waals surface area contributed by atoms with Crippen LogP contribution in [0.5, 0.6) is 0 Å². The molecule has 0 radical (unpaired) electrons. The van der Waals surface area contributed by atoms with Crippen molar-refractivity contribution in [3.05, 3.63) is 84.1 Å². The molecule has 176 valence electrons. The summed E-state index contributed by atoms with van der Waals surface area (Å²) < 4.78 is 5.56. The van der Waals surface area contributed by atoms with Crippen LogP contribution in [0, 0.1) is 0 Å². The van der Waals surface area contributed by atoms with Gasteiger partial charge in [0.05, 0.1) is 5.70 Å². The maximum Gasteiger partial charge on any atom is 0.408 e. The zero-order valence-corrected chi connectivity index (χ0v) is 19.8. The first-order valence-electron chi connectivity index (χ1n) is 11.9. The van der Waals surface area contributed by atoms with E-state index >= 15 is 0 Å². The van der Waals surface area contributed by atoms with Crippen LogP contribution in [0.1, 0.15) is 36.9 Å². The quantitative estimate of drug-likeness (QED) is 0.719. The van der Waals surface area contributed by atoms with Gasteiger partial charge < -0.3 is 15.0 Å². The first-order chi connectivity index (χ1) is 16.4. The van der Waals surface area contributed by atoms with E-state index in [9.17, 15) is 9.59 Å². The molecule has 1 saturated heterocycles. The van der Waals surface area contributed by atoms with Gasteiger partial charge in [0.2, 0.25) is 5.60 Å². The molecule has 0 saturated carbocycles. The van der Waals surface area contributed by atoms with E-state index in [1.807, 2.05) is 0 Å². The molecule has 2 amide bonds. The molecule has 6 heteroatoms. The summed E-state index contributed by atoms with van der Waals surface area (Å²) in [4.78, 5) is 30.0. The first kappa shape index (κ1) is 22.4. The predicted molar refractivity (Wildman–Crippen MR) is 133 cm³/mol. The van der Waals surface area contributed by atoms with E-state index in [-0.39, 0.29) is 11.9 Å². The number of allylic oxidation sites excluding steroid dienone is 1. The molecule has 2 unspecified atom stereocenters. The highest BCUT2D eigenvalue weighted by Crippen LogP contribution is 2.43. The second kappa shape index (κ2) is 8.44. The van der Waals surface area contributed by atoms with E-state index in [4.69, 9.17) is 4.74 Å². The number of likely N-dealkylation sites (tertiary alicyclic amines) is 1. The molecule has 1 N–H and O–H groups in total. The van der Waals surface area contributed by atoms with Gasteiger partial charge in [-0.15, -0.1) is 0 Å². The molecule has 0 aromatic heterocycles. The molecule has 2 atom stereocenters. The standard InChI is InChI=1S/C28H31N3O3/c1-5-22-23(6-2)31(26(32)28(22,3)34-27(33)29-4)20-13-15-30(16-14-20)24-17-19-11-7-9-18-10-8-12-21(24)25(18)19/h5-12,20,24H,1-2,13-17H2,3-4H3,(H,29,33). The molecule has 0 bridgehead atoms. The van der Waals surface area contributed by atoms with Crippen LogP contribution in [0.3, 0.4) is 0 Å². The Hall–Kier alpha value is -3.38. The Balaban J connectivity index is 1.36. The van der Waals surface area contributed by atoms with Crippen molar-refractivity contribution in [1.82, 2.24) is 15.1 Å². The van der Waals surface area contributed by atoms with Crippen LogP contribution >= 0.6 is 0 Å². The summed E-state index contributed by atoms with van der Waals surface area (Å²) in [5.74, 6) is -0.239. The number of rotatable bonds is 5. The van der Waals surface area contributed by atoms with E-state index in [1.165, 1.54) is 28.9 Å². The lowest BCUT2D eigenvalue weighted by atomic mass is 9.96. The average molecular weight is 458 g/mol. The lowest BCUT2D eigenvalue weighted by Crippen LogP contribution is -2.51. The molecule has 2 heterocycles. The van der Waals surface area contributed by atoms with Gasteiger partial charge in [0.25, 0.3) is 5.91 Å². The Labute approximate surface area is 200 Å². The molecule has 6 nitrogen and oxygen atoms in total. The van der Waals surface area contributed by atoms with Gasteiger partial charge in [0.1, 0.15) is 0 Å². The molecule has 5 rings (SSSR count). The summed E-state index contributed by atoms with van der Waals surface area (Å²) in [6, 6.07) is 13.6. The van der Waals surface area contributed by atoms with Crippen molar-refractivity contribution in [3.63, 3.8) is 0 Å². The summed E-state index contributed by atoms with van der Waals surface area (Å²) in [6.07, 6.45) is 5.33. The number of hydrogen-bond donors (Lipinski definition) is 1. The zero-order valence-electron chi connectivity index (χ0n) is 19.8. The summed E-state index contributed by atoms with van der Waals surface area (Å²) in [6.45, 7) is 11.2. The number of benzene rings is 2. The minimum atomic E-state index is -1.41. The predicted octanol–water partition coefficient (Wildman–Crippen LogP) is 4.48. The number of nitrogens with zero attached hydrogens (tertiary/aromatic N) is 2. The SMILES string of the molecule is C=CC1=C(C=C)C(C)(OC(=O)NC)C(=O)N1C1CCN(C2Cc3cccc4cccc2c34)CC1. The second-order valence-corrected chi connectivity index (χ2v) is 9.40. The Morgan fingerprint density at radius 3 is 2.50 bits per heavy atom. The molecule has 1 fully saturated rings. The Kier molecular flexibility index (Phi) is 5.56. The van der Waals surface area contributed by atoms with Gasteiger partial charge in [-0.05, 0) is 54.2 Å². The average Bonchev–Trinajstić information content (AvgIpc) is 3.33. The van der Waals surface area contributed by atoms with Crippen LogP contribution in [0.25, 0.3) is 10.8 Å². The monoisotopic (exact) mass is 457 g/mol. The van der Waals surface area contributed by atoms with Crippen LogP contribution in [-0.2, 0) is 16.0 Å². The van der Waals surface area contributed by atoms with Gasteiger partial charge in [-0.25, -0.2) is 4.79 Å². The zero-order chi connectivity index (χ0) is 24.0. The van der Waals surface area contributed by atoms with Crippen molar-refractivity contribution >= 4 is 22.8 Å². The van der Waals surface area contributed by atoms with Gasteiger partial charge >= 0.3 is 6.09 Å². The fourth-order valence-corrected chi connectivity index (χ4v) is 6.03. The highest BCUT2D eigenvalue weighted by Gasteiger charge is 2.53. The van der Waals surface area contributed by atoms with Crippen LogP contribution in [0.2, 0.25) is 0 Å². The number of amides is 2. The molecular weight excluding hydrogens is 426 g/mol. The molecule has 1 aliphatic carbocycles. The van der Waals surface area contributed by atoms with Crippen molar-refractivity contribution in [2.45, 2.75) is 43.9 Å². The van der Waals surface area contributed by atoms with Gasteiger partial charge in [0, 0.05) is 37.8 Å². The van der Waals surface area contributed by atoms with E-state index < -0.39 is 11.7 Å². The van der Waals surface area contributed by atoms with E-state index in [0.717, 1.165) is 32.4 Å². The van der Waals surface area contributed by atoms with Gasteiger partial charge in [-0.3, -0.25) is 9.69 Å². The fraction of sp³-hybridized carbons (Fsp3) is 0.357. The third-order valence-corrected chi connectivity index (χ3v) is 7.68. The largest absolute Gasteiger partial charge is 0.428 e.